The van der Waals surface area contributed by atoms with Crippen LogP contribution in [0.15, 0.2) is 18.3 Å². The molecule has 0 fully saturated rings. The van der Waals surface area contributed by atoms with Crippen molar-refractivity contribution in [2.75, 3.05) is 7.11 Å². The van der Waals surface area contributed by atoms with E-state index in [1.807, 2.05) is 13.0 Å². The Morgan fingerprint density at radius 1 is 1.62 bits per heavy atom. The maximum atomic E-state index is 11.3. The van der Waals surface area contributed by atoms with Gasteiger partial charge < -0.3 is 4.74 Å². The maximum Gasteiger partial charge on any atom is 0.322 e. The molecule has 0 aliphatic rings. The van der Waals surface area contributed by atoms with Gasteiger partial charge >= 0.3 is 5.97 Å². The van der Waals surface area contributed by atoms with Crippen LogP contribution in [0.3, 0.4) is 0 Å². The fourth-order valence-corrected chi connectivity index (χ4v) is 1.39. The van der Waals surface area contributed by atoms with Crippen LogP contribution in [-0.2, 0) is 16.1 Å². The number of methoxy groups -OCH3 is 1. The second-order valence-corrected chi connectivity index (χ2v) is 3.77. The highest BCUT2D eigenvalue weighted by atomic mass is 35.5. The Balaban J connectivity index is 2.49. The van der Waals surface area contributed by atoms with Gasteiger partial charge in [-0.1, -0.05) is 18.5 Å². The zero-order valence-corrected chi connectivity index (χ0v) is 10.1. The van der Waals surface area contributed by atoms with Gasteiger partial charge in [0.05, 0.1) is 17.8 Å². The second kappa shape index (κ2) is 6.45. The summed E-state index contributed by atoms with van der Waals surface area (Å²) in [5.41, 5.74) is 0.840. The van der Waals surface area contributed by atoms with E-state index >= 15 is 0 Å². The lowest BCUT2D eigenvalue weighted by molar-refractivity contribution is -0.143. The molecule has 4 nitrogen and oxygen atoms in total. The van der Waals surface area contributed by atoms with Crippen molar-refractivity contribution in [3.8, 4) is 0 Å². The van der Waals surface area contributed by atoms with Crippen molar-refractivity contribution >= 4 is 17.6 Å². The van der Waals surface area contributed by atoms with Gasteiger partial charge in [0.15, 0.2) is 0 Å². The summed E-state index contributed by atoms with van der Waals surface area (Å²) >= 11 is 5.72. The van der Waals surface area contributed by atoms with Crippen LogP contribution in [0.2, 0.25) is 5.02 Å². The summed E-state index contributed by atoms with van der Waals surface area (Å²) < 4.78 is 4.67. The average Bonchev–Trinajstić information content (AvgIpc) is 2.31. The number of carbonyl (C=O) groups is 1. The van der Waals surface area contributed by atoms with Gasteiger partial charge in [-0.3, -0.25) is 15.1 Å². The standard InChI is InChI=1S/C11H15ClN2O2/c1-3-10(11(15)16-2)14-7-9-5-4-8(12)6-13-9/h4-6,10,14H,3,7H2,1-2H3/t10-/m0/s1. The van der Waals surface area contributed by atoms with Crippen LogP contribution >= 0.6 is 11.6 Å². The lowest BCUT2D eigenvalue weighted by atomic mass is 10.2. The molecular weight excluding hydrogens is 228 g/mol. The van der Waals surface area contributed by atoms with E-state index in [0.29, 0.717) is 18.0 Å². The van der Waals surface area contributed by atoms with E-state index in [9.17, 15) is 4.79 Å². The summed E-state index contributed by atoms with van der Waals surface area (Å²) in [6.45, 7) is 2.44. The summed E-state index contributed by atoms with van der Waals surface area (Å²) in [5, 5.41) is 3.68. The molecule has 0 unspecified atom stereocenters. The van der Waals surface area contributed by atoms with Crippen molar-refractivity contribution in [3.05, 3.63) is 29.0 Å². The zero-order chi connectivity index (χ0) is 12.0. The molecule has 1 rings (SSSR count). The first kappa shape index (κ1) is 12.9. The highest BCUT2D eigenvalue weighted by Crippen LogP contribution is 2.06. The van der Waals surface area contributed by atoms with E-state index in [0.717, 1.165) is 5.69 Å². The molecule has 1 aromatic rings. The van der Waals surface area contributed by atoms with Crippen molar-refractivity contribution < 1.29 is 9.53 Å². The number of rotatable bonds is 5. The quantitative estimate of drug-likeness (QED) is 0.800. The molecule has 1 aromatic heterocycles. The first-order chi connectivity index (χ1) is 7.67. The van der Waals surface area contributed by atoms with E-state index in [-0.39, 0.29) is 12.0 Å². The van der Waals surface area contributed by atoms with Gasteiger partial charge in [0.25, 0.3) is 0 Å². The number of carbonyl (C=O) groups excluding carboxylic acids is 1. The van der Waals surface area contributed by atoms with Crippen molar-refractivity contribution in [3.63, 3.8) is 0 Å². The van der Waals surface area contributed by atoms with Gasteiger partial charge in [0.2, 0.25) is 0 Å². The van der Waals surface area contributed by atoms with Crippen molar-refractivity contribution in [1.29, 1.82) is 0 Å². The van der Waals surface area contributed by atoms with Gasteiger partial charge in [0, 0.05) is 12.7 Å². The SMILES string of the molecule is CC[C@H](NCc1ccc(Cl)cn1)C(=O)OC. The number of nitrogens with one attached hydrogen (secondary N) is 1. The molecule has 16 heavy (non-hydrogen) atoms. The number of hydrogen-bond acceptors (Lipinski definition) is 4. The molecule has 0 radical (unpaired) electrons. The molecule has 88 valence electrons. The molecule has 0 aliphatic carbocycles. The Kier molecular flexibility index (Phi) is 5.22. The Labute approximate surface area is 100.0 Å². The van der Waals surface area contributed by atoms with E-state index in [1.54, 1.807) is 12.3 Å². The highest BCUT2D eigenvalue weighted by molar-refractivity contribution is 6.30. The number of hydrogen-bond donors (Lipinski definition) is 1. The van der Waals surface area contributed by atoms with Crippen LogP contribution in [0.1, 0.15) is 19.0 Å². The van der Waals surface area contributed by atoms with Crippen molar-refractivity contribution in [1.82, 2.24) is 10.3 Å². The predicted octanol–water partition coefficient (Wildman–Crippen LogP) is 1.78. The second-order valence-electron chi connectivity index (χ2n) is 3.33. The number of esters is 1. The van der Waals surface area contributed by atoms with E-state index < -0.39 is 0 Å². The molecule has 0 spiro atoms. The topological polar surface area (TPSA) is 51.2 Å². The molecule has 5 heteroatoms. The Hall–Kier alpha value is -1.13. The van der Waals surface area contributed by atoms with E-state index in [1.165, 1.54) is 7.11 Å². The fourth-order valence-electron chi connectivity index (χ4n) is 1.28. The number of pyridine rings is 1. The maximum absolute atomic E-state index is 11.3. The molecule has 0 bridgehead atoms. The summed E-state index contributed by atoms with van der Waals surface area (Å²) in [7, 11) is 1.38. The molecule has 0 saturated carbocycles. The van der Waals surface area contributed by atoms with E-state index in [2.05, 4.69) is 15.0 Å². The third-order valence-corrected chi connectivity index (χ3v) is 2.44. The molecular formula is C11H15ClN2O2. The van der Waals surface area contributed by atoms with Crippen LogP contribution in [0.25, 0.3) is 0 Å². The number of aromatic nitrogens is 1. The minimum Gasteiger partial charge on any atom is -0.468 e. The van der Waals surface area contributed by atoms with Gasteiger partial charge in [-0.05, 0) is 18.6 Å². The van der Waals surface area contributed by atoms with E-state index in [4.69, 9.17) is 11.6 Å². The van der Waals surface area contributed by atoms with Crippen LogP contribution in [0.5, 0.6) is 0 Å². The van der Waals surface area contributed by atoms with Gasteiger partial charge in [0.1, 0.15) is 6.04 Å². The molecule has 1 atom stereocenters. The number of halogens is 1. The summed E-state index contributed by atoms with van der Waals surface area (Å²) in [6, 6.07) is 3.30. The highest BCUT2D eigenvalue weighted by Gasteiger charge is 2.15. The number of nitrogens with zero attached hydrogens (tertiary/aromatic N) is 1. The molecule has 0 saturated heterocycles. The van der Waals surface area contributed by atoms with Gasteiger partial charge in [-0.2, -0.15) is 0 Å². The molecule has 0 amide bonds. The van der Waals surface area contributed by atoms with Crippen LogP contribution in [0.4, 0.5) is 0 Å². The summed E-state index contributed by atoms with van der Waals surface area (Å²) in [5.74, 6) is -0.253. The van der Waals surface area contributed by atoms with Crippen LogP contribution < -0.4 is 5.32 Å². The summed E-state index contributed by atoms with van der Waals surface area (Å²) in [4.78, 5) is 15.4. The first-order valence-electron chi connectivity index (χ1n) is 5.09. The minimum absolute atomic E-state index is 0.253. The molecule has 1 heterocycles. The predicted molar refractivity (Wildman–Crippen MR) is 62.2 cm³/mol. The van der Waals surface area contributed by atoms with Crippen molar-refractivity contribution in [2.24, 2.45) is 0 Å². The largest absolute Gasteiger partial charge is 0.468 e. The molecule has 0 aromatic carbocycles. The van der Waals surface area contributed by atoms with Gasteiger partial charge in [-0.15, -0.1) is 0 Å². The monoisotopic (exact) mass is 242 g/mol. The minimum atomic E-state index is -0.289. The number of ether oxygens (including phenoxy) is 1. The van der Waals surface area contributed by atoms with Crippen molar-refractivity contribution in [2.45, 2.75) is 25.9 Å². The Morgan fingerprint density at radius 3 is 2.88 bits per heavy atom. The summed E-state index contributed by atoms with van der Waals surface area (Å²) in [6.07, 6.45) is 2.26. The zero-order valence-electron chi connectivity index (χ0n) is 9.37. The Bertz CT molecular complexity index is 340. The lowest BCUT2D eigenvalue weighted by Crippen LogP contribution is -2.36. The third-order valence-electron chi connectivity index (χ3n) is 2.21. The normalized spacial score (nSPS) is 12.2. The average molecular weight is 243 g/mol. The van der Waals surface area contributed by atoms with Gasteiger partial charge in [-0.25, -0.2) is 0 Å². The first-order valence-corrected chi connectivity index (χ1v) is 5.46. The van der Waals surface area contributed by atoms with Crippen LogP contribution in [-0.4, -0.2) is 24.1 Å². The third kappa shape index (κ3) is 3.79. The smallest absolute Gasteiger partial charge is 0.322 e. The molecule has 1 N–H and O–H groups in total. The fraction of sp³-hybridized carbons (Fsp3) is 0.455. The lowest BCUT2D eigenvalue weighted by Gasteiger charge is -2.13. The van der Waals surface area contributed by atoms with Crippen LogP contribution in [0, 0.1) is 0 Å². The Morgan fingerprint density at radius 2 is 2.38 bits per heavy atom. The molecule has 0 aliphatic heterocycles.